The maximum atomic E-state index is 11.4. The molecule has 1 heterocycles. The molecule has 1 saturated carbocycles. The Morgan fingerprint density at radius 1 is 1.26 bits per heavy atom. The molecule has 1 fully saturated rings. The van der Waals surface area contributed by atoms with Gasteiger partial charge >= 0.3 is 0 Å². The Hall–Kier alpha value is -1.94. The number of aryl methyl sites for hydroxylation is 1. The lowest BCUT2D eigenvalue weighted by molar-refractivity contribution is -0.112. The molecule has 2 aromatic rings. The Balaban J connectivity index is 1.93. The van der Waals surface area contributed by atoms with Gasteiger partial charge in [0, 0.05) is 11.8 Å². The van der Waals surface area contributed by atoms with E-state index in [1.807, 2.05) is 0 Å². The van der Waals surface area contributed by atoms with Gasteiger partial charge in [-0.2, -0.15) is 0 Å². The molecule has 3 rings (SSSR count). The van der Waals surface area contributed by atoms with Gasteiger partial charge in [-0.3, -0.25) is 4.79 Å². The van der Waals surface area contributed by atoms with E-state index in [2.05, 4.69) is 46.2 Å². The molecule has 0 spiro atoms. The van der Waals surface area contributed by atoms with Crippen LogP contribution < -0.4 is 0 Å². The highest BCUT2D eigenvalue weighted by molar-refractivity contribution is 6.18. The van der Waals surface area contributed by atoms with Crippen LogP contribution in [0.3, 0.4) is 0 Å². The van der Waals surface area contributed by atoms with Crippen LogP contribution in [-0.4, -0.2) is 26.7 Å². The van der Waals surface area contributed by atoms with Crippen molar-refractivity contribution < 1.29 is 4.79 Å². The van der Waals surface area contributed by atoms with Crippen molar-refractivity contribution >= 4 is 23.5 Å². The van der Waals surface area contributed by atoms with Crippen molar-refractivity contribution in [2.75, 3.05) is 5.88 Å². The quantitative estimate of drug-likeness (QED) is 0.482. The number of halogens is 1. The average molecular weight is 386 g/mol. The van der Waals surface area contributed by atoms with E-state index in [9.17, 15) is 4.79 Å². The van der Waals surface area contributed by atoms with Crippen molar-refractivity contribution in [1.29, 1.82) is 0 Å². The van der Waals surface area contributed by atoms with E-state index in [-0.39, 0.29) is 11.7 Å². The fourth-order valence-corrected chi connectivity index (χ4v) is 4.09. The highest BCUT2D eigenvalue weighted by Crippen LogP contribution is 2.32. The molecular formula is C22H28ClN3O. The second-order valence-corrected chi connectivity index (χ2v) is 7.88. The summed E-state index contributed by atoms with van der Waals surface area (Å²) in [4.78, 5) is 11.4. The molecule has 4 nitrogen and oxygen atoms in total. The summed E-state index contributed by atoms with van der Waals surface area (Å²) in [5, 5.41) is 8.86. The molecule has 0 aliphatic heterocycles. The molecule has 1 aliphatic carbocycles. The fourth-order valence-electron chi connectivity index (χ4n) is 3.80. The van der Waals surface area contributed by atoms with Gasteiger partial charge in [0.1, 0.15) is 5.69 Å². The smallest absolute Gasteiger partial charge is 0.152 e. The van der Waals surface area contributed by atoms with Gasteiger partial charge in [-0.1, -0.05) is 54.3 Å². The zero-order chi connectivity index (χ0) is 19.2. The summed E-state index contributed by atoms with van der Waals surface area (Å²) in [7, 11) is 0. The lowest BCUT2D eigenvalue weighted by Crippen LogP contribution is -2.19. The molecule has 1 aromatic carbocycles. The number of hydrogen-bond acceptors (Lipinski definition) is 3. The minimum absolute atomic E-state index is 0.0144. The van der Waals surface area contributed by atoms with Gasteiger partial charge in [0.15, 0.2) is 5.78 Å². The van der Waals surface area contributed by atoms with Crippen LogP contribution in [0.4, 0.5) is 0 Å². The van der Waals surface area contributed by atoms with E-state index in [0.29, 0.717) is 11.9 Å². The van der Waals surface area contributed by atoms with Crippen LogP contribution in [0.15, 0.2) is 30.3 Å². The standard InChI is InChI=1S/C22H28ClN3O/c1-16-8-11-18(12-9-16)19(15-23)14-22-21(13-10-17(2)27)24-25-26(22)20-6-4-3-5-7-20/h8-13,19-20H,3-7,14-15H2,1-2H3/b13-10+. The summed E-state index contributed by atoms with van der Waals surface area (Å²) in [5.41, 5.74) is 4.35. The third kappa shape index (κ3) is 5.07. The number of ketones is 1. The Kier molecular flexibility index (Phi) is 6.84. The summed E-state index contributed by atoms with van der Waals surface area (Å²) in [5.74, 6) is 0.743. The van der Waals surface area contributed by atoms with Crippen LogP contribution in [-0.2, 0) is 11.2 Å². The Morgan fingerprint density at radius 3 is 2.59 bits per heavy atom. The maximum absolute atomic E-state index is 11.4. The van der Waals surface area contributed by atoms with Gasteiger partial charge < -0.3 is 0 Å². The van der Waals surface area contributed by atoms with Crippen LogP contribution in [0.5, 0.6) is 0 Å². The first-order chi connectivity index (χ1) is 13.1. The average Bonchev–Trinajstić information content (AvgIpc) is 3.08. The predicted molar refractivity (Wildman–Crippen MR) is 110 cm³/mol. The van der Waals surface area contributed by atoms with Gasteiger partial charge in [-0.15, -0.1) is 16.7 Å². The van der Waals surface area contributed by atoms with E-state index >= 15 is 0 Å². The normalized spacial score (nSPS) is 16.7. The second-order valence-electron chi connectivity index (χ2n) is 7.57. The Morgan fingerprint density at radius 2 is 1.96 bits per heavy atom. The molecule has 0 bridgehead atoms. The van der Waals surface area contributed by atoms with Crippen molar-refractivity contribution in [3.63, 3.8) is 0 Å². The number of aromatic nitrogens is 3. The molecule has 1 aromatic heterocycles. The lowest BCUT2D eigenvalue weighted by atomic mass is 9.92. The molecule has 0 saturated heterocycles. The maximum Gasteiger partial charge on any atom is 0.152 e. The van der Waals surface area contributed by atoms with Gasteiger partial charge in [0.05, 0.1) is 11.7 Å². The number of nitrogens with zero attached hydrogens (tertiary/aromatic N) is 3. The second kappa shape index (κ2) is 9.32. The first-order valence-electron chi connectivity index (χ1n) is 9.83. The largest absolute Gasteiger partial charge is 0.295 e. The number of hydrogen-bond donors (Lipinski definition) is 0. The van der Waals surface area contributed by atoms with Crippen LogP contribution in [0.1, 0.15) is 73.5 Å². The zero-order valence-electron chi connectivity index (χ0n) is 16.2. The highest BCUT2D eigenvalue weighted by atomic mass is 35.5. The van der Waals surface area contributed by atoms with E-state index in [1.54, 1.807) is 19.1 Å². The molecular weight excluding hydrogens is 358 g/mol. The van der Waals surface area contributed by atoms with Crippen molar-refractivity contribution in [2.24, 2.45) is 0 Å². The molecule has 5 heteroatoms. The monoisotopic (exact) mass is 385 g/mol. The molecule has 0 amide bonds. The molecule has 0 N–H and O–H groups in total. The topological polar surface area (TPSA) is 47.8 Å². The van der Waals surface area contributed by atoms with Crippen LogP contribution in [0.25, 0.3) is 6.08 Å². The molecule has 1 aliphatic rings. The third-order valence-electron chi connectivity index (χ3n) is 5.39. The summed E-state index contributed by atoms with van der Waals surface area (Å²) in [6, 6.07) is 8.96. The number of carbonyl (C=O) groups is 1. The van der Waals surface area contributed by atoms with Gasteiger partial charge in [0.2, 0.25) is 0 Å². The summed E-state index contributed by atoms with van der Waals surface area (Å²) in [6.07, 6.45) is 10.2. The molecule has 27 heavy (non-hydrogen) atoms. The summed E-state index contributed by atoms with van der Waals surface area (Å²) >= 11 is 6.35. The van der Waals surface area contributed by atoms with Crippen molar-refractivity contribution in [1.82, 2.24) is 15.0 Å². The predicted octanol–water partition coefficient (Wildman–Crippen LogP) is 5.26. The zero-order valence-corrected chi connectivity index (χ0v) is 17.0. The first-order valence-corrected chi connectivity index (χ1v) is 10.4. The number of benzene rings is 1. The van der Waals surface area contributed by atoms with Crippen molar-refractivity contribution in [2.45, 2.75) is 64.3 Å². The Bertz CT molecular complexity index is 788. The van der Waals surface area contributed by atoms with Crippen LogP contribution in [0.2, 0.25) is 0 Å². The van der Waals surface area contributed by atoms with E-state index in [1.165, 1.54) is 30.4 Å². The SMILES string of the molecule is CC(=O)/C=C/c1nnn(C2CCCCC2)c1CC(CCl)c1ccc(C)cc1. The third-order valence-corrected chi connectivity index (χ3v) is 5.76. The number of alkyl halides is 1. The van der Waals surface area contributed by atoms with Crippen molar-refractivity contribution in [3.8, 4) is 0 Å². The first kappa shape index (κ1) is 19.8. The number of allylic oxidation sites excluding steroid dienone is 1. The molecule has 144 valence electrons. The number of carbonyl (C=O) groups excluding carboxylic acids is 1. The fraction of sp³-hybridized carbons (Fsp3) is 0.500. The minimum atomic E-state index is 0.0144. The molecule has 0 radical (unpaired) electrons. The molecule has 1 unspecified atom stereocenters. The van der Waals surface area contributed by atoms with Crippen LogP contribution in [0, 0.1) is 6.92 Å². The minimum Gasteiger partial charge on any atom is -0.295 e. The summed E-state index contributed by atoms with van der Waals surface area (Å²) < 4.78 is 2.10. The number of rotatable bonds is 7. The Labute approximate surface area is 166 Å². The van der Waals surface area contributed by atoms with Gasteiger partial charge in [-0.05, 0) is 50.8 Å². The highest BCUT2D eigenvalue weighted by Gasteiger charge is 2.24. The molecule has 1 atom stereocenters. The van der Waals surface area contributed by atoms with E-state index < -0.39 is 0 Å². The van der Waals surface area contributed by atoms with E-state index in [4.69, 9.17) is 11.6 Å². The van der Waals surface area contributed by atoms with Crippen LogP contribution >= 0.6 is 11.6 Å². The summed E-state index contributed by atoms with van der Waals surface area (Å²) in [6.45, 7) is 3.64. The van der Waals surface area contributed by atoms with Gasteiger partial charge in [-0.25, -0.2) is 4.68 Å². The lowest BCUT2D eigenvalue weighted by Gasteiger charge is -2.24. The van der Waals surface area contributed by atoms with Crippen molar-refractivity contribution in [3.05, 3.63) is 52.9 Å². The van der Waals surface area contributed by atoms with Gasteiger partial charge in [0.25, 0.3) is 0 Å². The van der Waals surface area contributed by atoms with E-state index in [0.717, 1.165) is 30.7 Å².